The Bertz CT molecular complexity index is 304. The van der Waals surface area contributed by atoms with E-state index in [0.717, 1.165) is 6.54 Å². The molecule has 1 saturated heterocycles. The molecule has 2 unspecified atom stereocenters. The second kappa shape index (κ2) is 3.65. The summed E-state index contributed by atoms with van der Waals surface area (Å²) in [5.41, 5.74) is 0.378. The maximum Gasteiger partial charge on any atom is 0.377 e. The summed E-state index contributed by atoms with van der Waals surface area (Å²) in [7, 11) is 0. The molecule has 2 atom stereocenters. The Kier molecular flexibility index (Phi) is 2.69. The summed E-state index contributed by atoms with van der Waals surface area (Å²) in [6, 6.07) is 0. The van der Waals surface area contributed by atoms with Crippen LogP contribution in [0, 0.1) is 11.3 Å². The number of cyclic esters (lactones) is 1. The van der Waals surface area contributed by atoms with Crippen LogP contribution in [0.2, 0.25) is 0 Å². The molecular formula is C11H17F2NO2. The van der Waals surface area contributed by atoms with Crippen molar-refractivity contribution in [2.24, 2.45) is 11.3 Å². The van der Waals surface area contributed by atoms with E-state index in [0.29, 0.717) is 17.9 Å². The lowest BCUT2D eigenvalue weighted by molar-refractivity contribution is -0.159. The molecule has 0 aromatic heterocycles. The van der Waals surface area contributed by atoms with Crippen LogP contribution in [-0.2, 0) is 9.53 Å². The molecule has 1 N–H and O–H groups in total. The van der Waals surface area contributed by atoms with Crippen molar-refractivity contribution in [3.05, 3.63) is 0 Å². The van der Waals surface area contributed by atoms with Crippen LogP contribution in [0.15, 0.2) is 0 Å². The SMILES string of the molecule is CC1(C)CC1CNCC1CC(F)(F)C(=O)O1. The van der Waals surface area contributed by atoms with Gasteiger partial charge in [0.05, 0.1) is 6.42 Å². The van der Waals surface area contributed by atoms with Gasteiger partial charge in [-0.05, 0) is 24.3 Å². The van der Waals surface area contributed by atoms with Crippen LogP contribution in [0.3, 0.4) is 0 Å². The lowest BCUT2D eigenvalue weighted by Gasteiger charge is -2.10. The van der Waals surface area contributed by atoms with Gasteiger partial charge in [0.15, 0.2) is 0 Å². The molecule has 0 aromatic carbocycles. The van der Waals surface area contributed by atoms with Crippen LogP contribution < -0.4 is 5.32 Å². The standard InChI is InChI=1S/C11H17F2NO2/c1-10(2)3-7(10)5-14-6-8-4-11(12,13)9(15)16-8/h7-8,14H,3-6H2,1-2H3. The van der Waals surface area contributed by atoms with E-state index in [2.05, 4.69) is 23.9 Å². The van der Waals surface area contributed by atoms with Crippen molar-refractivity contribution in [1.29, 1.82) is 0 Å². The first-order valence-corrected chi connectivity index (χ1v) is 5.61. The fourth-order valence-electron chi connectivity index (χ4n) is 2.11. The molecule has 2 rings (SSSR count). The number of hydrogen-bond acceptors (Lipinski definition) is 3. The Morgan fingerprint density at radius 2 is 2.00 bits per heavy atom. The van der Waals surface area contributed by atoms with Crippen LogP contribution in [0.5, 0.6) is 0 Å². The summed E-state index contributed by atoms with van der Waals surface area (Å²) in [6.07, 6.45) is -0.00240. The van der Waals surface area contributed by atoms with Gasteiger partial charge in [-0.15, -0.1) is 0 Å². The van der Waals surface area contributed by atoms with Gasteiger partial charge in [0.1, 0.15) is 6.10 Å². The quantitative estimate of drug-likeness (QED) is 0.749. The second-order valence-electron chi connectivity index (χ2n) is 5.48. The van der Waals surface area contributed by atoms with Gasteiger partial charge in [-0.2, -0.15) is 8.78 Å². The summed E-state index contributed by atoms with van der Waals surface area (Å²) >= 11 is 0. The molecule has 0 spiro atoms. The maximum atomic E-state index is 12.8. The number of carbonyl (C=O) groups is 1. The highest BCUT2D eigenvalue weighted by atomic mass is 19.3. The van der Waals surface area contributed by atoms with Crippen molar-refractivity contribution < 1.29 is 18.3 Å². The lowest BCUT2D eigenvalue weighted by Crippen LogP contribution is -2.29. The van der Waals surface area contributed by atoms with E-state index in [4.69, 9.17) is 0 Å². The smallest absolute Gasteiger partial charge is 0.377 e. The zero-order valence-electron chi connectivity index (χ0n) is 9.56. The zero-order valence-corrected chi connectivity index (χ0v) is 9.56. The minimum Gasteiger partial charge on any atom is -0.456 e. The predicted octanol–water partition coefficient (Wildman–Crippen LogP) is 1.57. The predicted molar refractivity (Wildman–Crippen MR) is 54.2 cm³/mol. The molecule has 2 aliphatic rings. The molecular weight excluding hydrogens is 216 g/mol. The fraction of sp³-hybridized carbons (Fsp3) is 0.909. The third-order valence-electron chi connectivity index (χ3n) is 3.54. The summed E-state index contributed by atoms with van der Waals surface area (Å²) in [5, 5.41) is 3.09. The monoisotopic (exact) mass is 233 g/mol. The van der Waals surface area contributed by atoms with Crippen molar-refractivity contribution in [2.45, 2.75) is 38.7 Å². The maximum absolute atomic E-state index is 12.8. The van der Waals surface area contributed by atoms with E-state index in [1.807, 2.05) is 0 Å². The zero-order chi connectivity index (χ0) is 12.0. The van der Waals surface area contributed by atoms with E-state index in [1.165, 1.54) is 6.42 Å². The van der Waals surface area contributed by atoms with Crippen LogP contribution in [-0.4, -0.2) is 31.1 Å². The number of esters is 1. The highest BCUT2D eigenvalue weighted by molar-refractivity contribution is 5.79. The van der Waals surface area contributed by atoms with Crippen LogP contribution >= 0.6 is 0 Å². The molecule has 16 heavy (non-hydrogen) atoms. The van der Waals surface area contributed by atoms with Gasteiger partial charge in [0, 0.05) is 6.54 Å². The molecule has 0 aromatic rings. The van der Waals surface area contributed by atoms with Crippen LogP contribution in [0.1, 0.15) is 26.7 Å². The highest BCUT2D eigenvalue weighted by Gasteiger charge is 2.51. The van der Waals surface area contributed by atoms with Gasteiger partial charge in [-0.1, -0.05) is 13.8 Å². The number of carbonyl (C=O) groups excluding carboxylic acids is 1. The minimum atomic E-state index is -3.29. The molecule has 0 bridgehead atoms. The highest BCUT2D eigenvalue weighted by Crippen LogP contribution is 2.50. The van der Waals surface area contributed by atoms with E-state index in [-0.39, 0.29) is 0 Å². The molecule has 1 aliphatic heterocycles. The molecule has 0 radical (unpaired) electrons. The van der Waals surface area contributed by atoms with E-state index >= 15 is 0 Å². The first-order valence-electron chi connectivity index (χ1n) is 5.61. The first-order chi connectivity index (χ1) is 7.31. The number of alkyl halides is 2. The minimum absolute atomic E-state index is 0.327. The number of halogens is 2. The van der Waals surface area contributed by atoms with Gasteiger partial charge in [0.2, 0.25) is 0 Å². The number of ether oxygens (including phenoxy) is 1. The Morgan fingerprint density at radius 3 is 2.44 bits per heavy atom. The molecule has 1 aliphatic carbocycles. The topological polar surface area (TPSA) is 38.3 Å². The Balaban J connectivity index is 1.67. The number of nitrogens with one attached hydrogen (secondary N) is 1. The van der Waals surface area contributed by atoms with Crippen molar-refractivity contribution in [3.8, 4) is 0 Å². The number of rotatable bonds is 4. The van der Waals surface area contributed by atoms with Crippen molar-refractivity contribution in [2.75, 3.05) is 13.1 Å². The van der Waals surface area contributed by atoms with Gasteiger partial charge in [-0.3, -0.25) is 0 Å². The van der Waals surface area contributed by atoms with Crippen LogP contribution in [0.4, 0.5) is 8.78 Å². The van der Waals surface area contributed by atoms with Gasteiger partial charge in [0.25, 0.3) is 0 Å². The Morgan fingerprint density at radius 1 is 1.38 bits per heavy atom. The summed E-state index contributed by atoms with van der Waals surface area (Å²) < 4.78 is 30.2. The molecule has 5 heteroatoms. The van der Waals surface area contributed by atoms with E-state index < -0.39 is 24.4 Å². The Hall–Kier alpha value is -0.710. The summed E-state index contributed by atoms with van der Waals surface area (Å²) in [5.74, 6) is -4.05. The molecule has 2 fully saturated rings. The molecule has 1 saturated carbocycles. The van der Waals surface area contributed by atoms with Crippen LogP contribution in [0.25, 0.3) is 0 Å². The molecule has 1 heterocycles. The van der Waals surface area contributed by atoms with E-state index in [9.17, 15) is 13.6 Å². The molecule has 3 nitrogen and oxygen atoms in total. The largest absolute Gasteiger partial charge is 0.456 e. The van der Waals surface area contributed by atoms with Gasteiger partial charge < -0.3 is 10.1 Å². The Labute approximate surface area is 93.5 Å². The first kappa shape index (κ1) is 11.8. The normalized spacial score (nSPS) is 34.9. The van der Waals surface area contributed by atoms with Crippen molar-refractivity contribution in [3.63, 3.8) is 0 Å². The van der Waals surface area contributed by atoms with Crippen molar-refractivity contribution in [1.82, 2.24) is 5.32 Å². The number of hydrogen-bond donors (Lipinski definition) is 1. The van der Waals surface area contributed by atoms with Gasteiger partial charge in [-0.25, -0.2) is 4.79 Å². The van der Waals surface area contributed by atoms with E-state index in [1.54, 1.807) is 0 Å². The summed E-state index contributed by atoms with van der Waals surface area (Å²) in [6.45, 7) is 5.51. The fourth-order valence-corrected chi connectivity index (χ4v) is 2.11. The average Bonchev–Trinajstić information content (AvgIpc) is 2.63. The third kappa shape index (κ3) is 2.34. The van der Waals surface area contributed by atoms with Crippen molar-refractivity contribution >= 4 is 5.97 Å². The third-order valence-corrected chi connectivity index (χ3v) is 3.54. The second-order valence-corrected chi connectivity index (χ2v) is 5.48. The lowest BCUT2D eigenvalue weighted by atomic mass is 10.1. The molecule has 0 amide bonds. The average molecular weight is 233 g/mol. The van der Waals surface area contributed by atoms with Gasteiger partial charge >= 0.3 is 11.9 Å². The summed E-state index contributed by atoms with van der Waals surface area (Å²) in [4.78, 5) is 10.7. The molecule has 92 valence electrons.